The van der Waals surface area contributed by atoms with E-state index in [-0.39, 0.29) is 29.9 Å². The molecule has 1 fully saturated rings. The summed E-state index contributed by atoms with van der Waals surface area (Å²) in [5.74, 6) is -0.686. The van der Waals surface area contributed by atoms with E-state index in [1.54, 1.807) is 30.3 Å². The van der Waals surface area contributed by atoms with E-state index >= 15 is 0 Å². The van der Waals surface area contributed by atoms with Crippen molar-refractivity contribution in [2.24, 2.45) is 0 Å². The monoisotopic (exact) mass is 424 g/mol. The van der Waals surface area contributed by atoms with Gasteiger partial charge in [-0.25, -0.2) is 4.90 Å². The third-order valence-electron chi connectivity index (χ3n) is 4.66. The van der Waals surface area contributed by atoms with E-state index in [0.29, 0.717) is 16.4 Å². The van der Waals surface area contributed by atoms with Crippen LogP contribution >= 0.6 is 23.4 Å². The van der Waals surface area contributed by atoms with Gasteiger partial charge >= 0.3 is 0 Å². The van der Waals surface area contributed by atoms with E-state index in [1.807, 2.05) is 36.4 Å². The van der Waals surface area contributed by atoms with Gasteiger partial charge in [-0.1, -0.05) is 48.0 Å². The minimum absolute atomic E-state index is 0.0791. The molecule has 1 saturated heterocycles. The molecule has 0 spiro atoms. The molecule has 1 aliphatic rings. The number of carbonyl (C=O) groups is 3. The highest BCUT2D eigenvalue weighted by Crippen LogP contribution is 2.34. The average Bonchev–Trinajstić information content (AvgIpc) is 3.01. The number of amides is 3. The molecule has 4 rings (SSSR count). The van der Waals surface area contributed by atoms with Gasteiger partial charge in [-0.3, -0.25) is 14.4 Å². The predicted molar refractivity (Wildman–Crippen MR) is 117 cm³/mol. The van der Waals surface area contributed by atoms with Gasteiger partial charge in [-0.15, -0.1) is 11.8 Å². The van der Waals surface area contributed by atoms with Crippen LogP contribution in [0.25, 0.3) is 10.8 Å². The zero-order valence-electron chi connectivity index (χ0n) is 15.3. The molecule has 1 heterocycles. The number of hydrogen-bond acceptors (Lipinski definition) is 4. The van der Waals surface area contributed by atoms with Crippen LogP contribution in [0.3, 0.4) is 0 Å². The zero-order chi connectivity index (χ0) is 20.4. The van der Waals surface area contributed by atoms with Crippen LogP contribution in [0.15, 0.2) is 66.7 Å². The molecule has 7 heteroatoms. The number of halogens is 1. The first-order valence-electron chi connectivity index (χ1n) is 9.04. The van der Waals surface area contributed by atoms with Crippen LogP contribution in [0.5, 0.6) is 0 Å². The van der Waals surface area contributed by atoms with Crippen molar-refractivity contribution >= 4 is 63.2 Å². The summed E-state index contributed by atoms with van der Waals surface area (Å²) in [4.78, 5) is 38.9. The fourth-order valence-corrected chi connectivity index (χ4v) is 4.36. The smallest absolute Gasteiger partial charge is 0.247 e. The summed E-state index contributed by atoms with van der Waals surface area (Å²) in [6.07, 6.45) is 0.0843. The number of nitrogens with zero attached hydrogens (tertiary/aromatic N) is 1. The Morgan fingerprint density at radius 1 is 1.03 bits per heavy atom. The second-order valence-corrected chi connectivity index (χ2v) is 8.25. The van der Waals surface area contributed by atoms with Crippen LogP contribution in [-0.4, -0.2) is 28.7 Å². The molecule has 1 atom stereocenters. The van der Waals surface area contributed by atoms with Crippen molar-refractivity contribution in [3.8, 4) is 0 Å². The van der Waals surface area contributed by atoms with E-state index in [1.165, 1.54) is 16.7 Å². The lowest BCUT2D eigenvalue weighted by atomic mass is 10.1. The first-order chi connectivity index (χ1) is 14.0. The van der Waals surface area contributed by atoms with Crippen LogP contribution < -0.4 is 10.2 Å². The van der Waals surface area contributed by atoms with Crippen molar-refractivity contribution in [3.05, 3.63) is 71.8 Å². The van der Waals surface area contributed by atoms with E-state index in [0.717, 1.165) is 10.8 Å². The number of thioether (sulfide) groups is 1. The summed E-state index contributed by atoms with van der Waals surface area (Å²) >= 11 is 7.01. The highest BCUT2D eigenvalue weighted by molar-refractivity contribution is 8.01. The summed E-state index contributed by atoms with van der Waals surface area (Å²) in [5.41, 5.74) is 1.22. The lowest BCUT2D eigenvalue weighted by Crippen LogP contribution is -2.31. The lowest BCUT2D eigenvalue weighted by Gasteiger charge is -2.17. The number of carbonyl (C=O) groups excluding carboxylic acids is 3. The van der Waals surface area contributed by atoms with Crippen molar-refractivity contribution in [2.75, 3.05) is 16.0 Å². The van der Waals surface area contributed by atoms with Gasteiger partial charge in [-0.05, 0) is 35.7 Å². The fraction of sp³-hybridized carbons (Fsp3) is 0.136. The number of benzene rings is 3. The topological polar surface area (TPSA) is 66.5 Å². The molecule has 3 aromatic carbocycles. The van der Waals surface area contributed by atoms with Crippen molar-refractivity contribution < 1.29 is 14.4 Å². The summed E-state index contributed by atoms with van der Waals surface area (Å²) in [6.45, 7) is 0. The summed E-state index contributed by atoms with van der Waals surface area (Å²) in [5, 5.41) is 4.58. The lowest BCUT2D eigenvalue weighted by molar-refractivity contribution is -0.121. The Balaban J connectivity index is 1.44. The molecule has 0 aromatic heterocycles. The molecule has 0 bridgehead atoms. The standard InChI is InChI=1S/C22H17ClN2O3S/c23-15-8-10-16(11-9-15)24-20(26)13-29-19-12-21(27)25(22(19)28)18-7-3-5-14-4-1-2-6-17(14)18/h1-11,19H,12-13H2,(H,24,26)/t19-/m0/s1. The second-order valence-electron chi connectivity index (χ2n) is 6.62. The van der Waals surface area contributed by atoms with Crippen LogP contribution in [0.4, 0.5) is 11.4 Å². The summed E-state index contributed by atoms with van der Waals surface area (Å²) < 4.78 is 0. The summed E-state index contributed by atoms with van der Waals surface area (Å²) in [6, 6.07) is 20.0. The van der Waals surface area contributed by atoms with Gasteiger partial charge in [0.05, 0.1) is 16.7 Å². The van der Waals surface area contributed by atoms with Gasteiger partial charge in [0.15, 0.2) is 0 Å². The number of anilines is 2. The molecule has 0 saturated carbocycles. The molecule has 0 unspecified atom stereocenters. The maximum atomic E-state index is 12.9. The Hall–Kier alpha value is -2.83. The van der Waals surface area contributed by atoms with Gasteiger partial charge in [0.1, 0.15) is 0 Å². The third kappa shape index (κ3) is 4.13. The Kier molecular flexibility index (Phi) is 5.56. The first-order valence-corrected chi connectivity index (χ1v) is 10.5. The minimum Gasteiger partial charge on any atom is -0.325 e. The molecule has 146 valence electrons. The van der Waals surface area contributed by atoms with Gasteiger partial charge in [0.2, 0.25) is 17.7 Å². The SMILES string of the molecule is O=C(CS[C@H]1CC(=O)N(c2cccc3ccccc23)C1=O)Nc1ccc(Cl)cc1. The molecule has 3 aromatic rings. The number of rotatable bonds is 5. The highest BCUT2D eigenvalue weighted by Gasteiger charge is 2.40. The maximum Gasteiger partial charge on any atom is 0.247 e. The maximum absolute atomic E-state index is 12.9. The van der Waals surface area contributed by atoms with Crippen molar-refractivity contribution in [3.63, 3.8) is 0 Å². The predicted octanol–water partition coefficient (Wildman–Crippen LogP) is 4.50. The number of fused-ring (bicyclic) bond motifs is 1. The average molecular weight is 425 g/mol. The van der Waals surface area contributed by atoms with Gasteiger partial charge in [-0.2, -0.15) is 0 Å². The minimum atomic E-state index is -0.572. The largest absolute Gasteiger partial charge is 0.325 e. The van der Waals surface area contributed by atoms with Crippen LogP contribution in [0.2, 0.25) is 5.02 Å². The van der Waals surface area contributed by atoms with E-state index in [4.69, 9.17) is 11.6 Å². The van der Waals surface area contributed by atoms with Gasteiger partial charge in [0, 0.05) is 22.5 Å². The second kappa shape index (κ2) is 8.27. The normalized spacial score (nSPS) is 16.4. The molecule has 5 nitrogen and oxygen atoms in total. The molecule has 1 aliphatic heterocycles. The van der Waals surface area contributed by atoms with Crippen LogP contribution in [0, 0.1) is 0 Å². The quantitative estimate of drug-likeness (QED) is 0.612. The number of imide groups is 1. The molecule has 0 radical (unpaired) electrons. The summed E-state index contributed by atoms with van der Waals surface area (Å²) in [7, 11) is 0. The molecule has 29 heavy (non-hydrogen) atoms. The van der Waals surface area contributed by atoms with Crippen molar-refractivity contribution in [2.45, 2.75) is 11.7 Å². The Labute approximate surface area is 177 Å². The van der Waals surface area contributed by atoms with Crippen molar-refractivity contribution in [1.29, 1.82) is 0 Å². The number of hydrogen-bond donors (Lipinski definition) is 1. The van der Waals surface area contributed by atoms with E-state index in [9.17, 15) is 14.4 Å². The Morgan fingerprint density at radius 2 is 1.76 bits per heavy atom. The van der Waals surface area contributed by atoms with E-state index in [2.05, 4.69) is 5.32 Å². The van der Waals surface area contributed by atoms with E-state index < -0.39 is 5.25 Å². The van der Waals surface area contributed by atoms with Gasteiger partial charge < -0.3 is 5.32 Å². The third-order valence-corrected chi connectivity index (χ3v) is 6.11. The van der Waals surface area contributed by atoms with Gasteiger partial charge in [0.25, 0.3) is 0 Å². The molecular weight excluding hydrogens is 408 g/mol. The first kappa shape index (κ1) is 19.5. The number of nitrogens with one attached hydrogen (secondary N) is 1. The molecule has 3 amide bonds. The Morgan fingerprint density at radius 3 is 2.55 bits per heavy atom. The van der Waals surface area contributed by atoms with Crippen LogP contribution in [-0.2, 0) is 14.4 Å². The zero-order valence-corrected chi connectivity index (χ0v) is 16.9. The molecular formula is C22H17ClN2O3S. The highest BCUT2D eigenvalue weighted by atomic mass is 35.5. The molecule has 1 N–H and O–H groups in total. The van der Waals surface area contributed by atoms with Crippen LogP contribution in [0.1, 0.15) is 6.42 Å². The fourth-order valence-electron chi connectivity index (χ4n) is 3.30. The molecule has 0 aliphatic carbocycles. The van der Waals surface area contributed by atoms with Crippen molar-refractivity contribution in [1.82, 2.24) is 0 Å². The Bertz CT molecular complexity index is 1100.